The van der Waals surface area contributed by atoms with Crippen LogP contribution in [-0.2, 0) is 13.6 Å². The van der Waals surface area contributed by atoms with E-state index in [1.54, 1.807) is 36.9 Å². The van der Waals surface area contributed by atoms with Gasteiger partial charge < -0.3 is 9.84 Å². The Morgan fingerprint density at radius 2 is 2.03 bits per heavy atom. The minimum Gasteiger partial charge on any atom is -0.495 e. The van der Waals surface area contributed by atoms with E-state index in [4.69, 9.17) is 21.4 Å². The number of halogens is 1. The van der Waals surface area contributed by atoms with Gasteiger partial charge in [0.2, 0.25) is 5.78 Å². The molecule has 0 radical (unpaired) electrons. The summed E-state index contributed by atoms with van der Waals surface area (Å²) in [6.45, 7) is 1.92. The molecule has 0 atom stereocenters. The van der Waals surface area contributed by atoms with Crippen molar-refractivity contribution < 1.29 is 9.84 Å². The molecule has 3 aromatic heterocycles. The van der Waals surface area contributed by atoms with E-state index in [0.717, 1.165) is 15.9 Å². The third kappa shape index (κ3) is 2.85. The number of hydrogen-bond donors (Lipinski definition) is 1. The number of methoxy groups -OCH3 is 1. The Bertz CT molecular complexity index is 1360. The molecule has 152 valence electrons. The number of aryl methyl sites for hydroxylation is 2. The van der Waals surface area contributed by atoms with Crippen molar-refractivity contribution in [3.8, 4) is 11.4 Å². The molecule has 29 heavy (non-hydrogen) atoms. The summed E-state index contributed by atoms with van der Waals surface area (Å²) in [7, 11) is 3.12. The third-order valence-corrected chi connectivity index (χ3v) is 5.25. The minimum atomic E-state index is -0.465. The lowest BCUT2D eigenvalue weighted by Crippen LogP contribution is -2.39. The molecule has 4 aromatic rings. The maximum atomic E-state index is 13.0. The van der Waals surface area contributed by atoms with Crippen LogP contribution in [0.4, 0.5) is 0 Å². The number of aliphatic hydroxyl groups is 1. The van der Waals surface area contributed by atoms with Crippen molar-refractivity contribution in [1.82, 2.24) is 23.1 Å². The molecule has 4 rings (SSSR count). The van der Waals surface area contributed by atoms with Crippen LogP contribution >= 0.6 is 11.6 Å². The molecule has 0 aliphatic rings. The van der Waals surface area contributed by atoms with Crippen LogP contribution in [0, 0.1) is 6.92 Å². The van der Waals surface area contributed by atoms with Gasteiger partial charge in [0.25, 0.3) is 5.56 Å². The van der Waals surface area contributed by atoms with Crippen molar-refractivity contribution in [3.05, 3.63) is 56.0 Å². The summed E-state index contributed by atoms with van der Waals surface area (Å²) in [5, 5.41) is 9.53. The second kappa shape index (κ2) is 7.09. The van der Waals surface area contributed by atoms with Crippen molar-refractivity contribution in [3.63, 3.8) is 0 Å². The fourth-order valence-electron chi connectivity index (χ4n) is 3.55. The van der Waals surface area contributed by atoms with Crippen LogP contribution in [0.5, 0.6) is 5.75 Å². The molecule has 9 nitrogen and oxygen atoms in total. The molecule has 0 aliphatic carbocycles. The Kier molecular flexibility index (Phi) is 4.71. The molecule has 0 spiro atoms. The van der Waals surface area contributed by atoms with Gasteiger partial charge >= 0.3 is 5.69 Å². The summed E-state index contributed by atoms with van der Waals surface area (Å²) in [5.41, 5.74) is 1.29. The predicted octanol–water partition coefficient (Wildman–Crippen LogP) is 1.49. The Balaban J connectivity index is 2.04. The molecule has 0 amide bonds. The minimum absolute atomic E-state index is 0.108. The van der Waals surface area contributed by atoms with Gasteiger partial charge in [-0.25, -0.2) is 4.79 Å². The molecule has 0 saturated carbocycles. The summed E-state index contributed by atoms with van der Waals surface area (Å²) in [4.78, 5) is 30.2. The van der Waals surface area contributed by atoms with Gasteiger partial charge in [0.15, 0.2) is 11.2 Å². The number of aliphatic hydroxyl groups excluding tert-OH is 1. The maximum Gasteiger partial charge on any atom is 0.332 e. The third-order valence-electron chi connectivity index (χ3n) is 4.96. The summed E-state index contributed by atoms with van der Waals surface area (Å²) >= 11 is 6.28. The first-order valence-corrected chi connectivity index (χ1v) is 9.41. The normalized spacial score (nSPS) is 11.6. The largest absolute Gasteiger partial charge is 0.495 e. The zero-order valence-electron chi connectivity index (χ0n) is 16.2. The van der Waals surface area contributed by atoms with E-state index in [2.05, 4.69) is 4.98 Å². The van der Waals surface area contributed by atoms with E-state index in [0.29, 0.717) is 34.1 Å². The molecule has 0 aliphatic heterocycles. The van der Waals surface area contributed by atoms with Crippen LogP contribution in [0.3, 0.4) is 0 Å². The zero-order valence-corrected chi connectivity index (χ0v) is 17.0. The van der Waals surface area contributed by atoms with E-state index in [1.165, 1.54) is 4.57 Å². The number of imidazole rings is 2. The summed E-state index contributed by atoms with van der Waals surface area (Å²) < 4.78 is 11.2. The highest BCUT2D eigenvalue weighted by Crippen LogP contribution is 2.29. The van der Waals surface area contributed by atoms with Gasteiger partial charge in [-0.1, -0.05) is 11.6 Å². The topological polar surface area (TPSA) is 95.7 Å². The Morgan fingerprint density at radius 1 is 1.28 bits per heavy atom. The molecule has 0 saturated heterocycles. The maximum absolute atomic E-state index is 13.0. The second-order valence-corrected chi connectivity index (χ2v) is 7.16. The van der Waals surface area contributed by atoms with Gasteiger partial charge in [-0.05, 0) is 31.5 Å². The van der Waals surface area contributed by atoms with E-state index in [1.807, 2.05) is 17.6 Å². The first-order chi connectivity index (χ1) is 13.9. The molecule has 0 unspecified atom stereocenters. The first kappa shape index (κ1) is 19.3. The molecule has 1 N–H and O–H groups in total. The van der Waals surface area contributed by atoms with E-state index in [-0.39, 0.29) is 13.2 Å². The van der Waals surface area contributed by atoms with Crippen LogP contribution in [0.15, 0.2) is 34.0 Å². The predicted molar refractivity (Wildman–Crippen MR) is 110 cm³/mol. The number of benzene rings is 1. The second-order valence-electron chi connectivity index (χ2n) is 6.75. The van der Waals surface area contributed by atoms with Crippen LogP contribution in [-0.4, -0.2) is 41.9 Å². The van der Waals surface area contributed by atoms with Crippen molar-refractivity contribution >= 4 is 28.5 Å². The van der Waals surface area contributed by atoms with Gasteiger partial charge in [0.1, 0.15) is 5.75 Å². The first-order valence-electron chi connectivity index (χ1n) is 9.03. The monoisotopic (exact) mass is 417 g/mol. The van der Waals surface area contributed by atoms with Gasteiger partial charge in [0.05, 0.1) is 17.8 Å². The van der Waals surface area contributed by atoms with E-state index >= 15 is 0 Å². The molecular formula is C19H20ClN5O4. The molecule has 3 heterocycles. The number of aromatic nitrogens is 5. The summed E-state index contributed by atoms with van der Waals surface area (Å²) in [6, 6.07) is 5.36. The quantitative estimate of drug-likeness (QED) is 0.530. The fraction of sp³-hybridized carbons (Fsp3) is 0.316. The summed E-state index contributed by atoms with van der Waals surface area (Å²) in [6.07, 6.45) is 2.11. The number of hydrogen-bond acceptors (Lipinski definition) is 5. The number of rotatable bonds is 5. The van der Waals surface area contributed by atoms with Crippen LogP contribution < -0.4 is 16.0 Å². The van der Waals surface area contributed by atoms with Crippen molar-refractivity contribution in [1.29, 1.82) is 0 Å². The lowest BCUT2D eigenvalue weighted by molar-refractivity contribution is 0.277. The Hall–Kier alpha value is -3.04. The SMILES string of the molecule is COc1ccc(-n2c(C)cn3c4c(=O)n(CCCO)c(=O)n(C)c4nc23)cc1Cl. The highest BCUT2D eigenvalue weighted by molar-refractivity contribution is 6.32. The van der Waals surface area contributed by atoms with Crippen LogP contribution in [0.1, 0.15) is 12.1 Å². The smallest absolute Gasteiger partial charge is 0.332 e. The van der Waals surface area contributed by atoms with E-state index in [9.17, 15) is 9.59 Å². The van der Waals surface area contributed by atoms with Crippen molar-refractivity contribution in [2.24, 2.45) is 7.05 Å². The van der Waals surface area contributed by atoms with Gasteiger partial charge in [-0.15, -0.1) is 0 Å². The van der Waals surface area contributed by atoms with Crippen LogP contribution in [0.25, 0.3) is 22.6 Å². The Morgan fingerprint density at radius 3 is 2.69 bits per heavy atom. The highest BCUT2D eigenvalue weighted by atomic mass is 35.5. The lowest BCUT2D eigenvalue weighted by atomic mass is 10.3. The van der Waals surface area contributed by atoms with Gasteiger partial charge in [0, 0.05) is 32.1 Å². The lowest BCUT2D eigenvalue weighted by Gasteiger charge is -2.09. The molecule has 1 aromatic carbocycles. The van der Waals surface area contributed by atoms with Crippen molar-refractivity contribution in [2.75, 3.05) is 13.7 Å². The summed E-state index contributed by atoms with van der Waals surface area (Å²) in [5.74, 6) is 1.05. The molecule has 0 bridgehead atoms. The molecule has 0 fully saturated rings. The average molecular weight is 418 g/mol. The van der Waals surface area contributed by atoms with Gasteiger partial charge in [-0.2, -0.15) is 4.98 Å². The Labute approximate surface area is 170 Å². The number of fused-ring (bicyclic) bond motifs is 3. The average Bonchev–Trinajstić information content (AvgIpc) is 3.20. The number of ether oxygens (including phenoxy) is 1. The molecular weight excluding hydrogens is 398 g/mol. The fourth-order valence-corrected chi connectivity index (χ4v) is 3.80. The zero-order chi connectivity index (χ0) is 20.9. The van der Waals surface area contributed by atoms with E-state index < -0.39 is 11.2 Å². The highest BCUT2D eigenvalue weighted by Gasteiger charge is 2.21. The standard InChI is InChI=1S/C19H20ClN5O4/c1-11-10-24-15-16(22(2)19(28)23(17(15)27)7-4-8-26)21-18(24)25(11)12-5-6-14(29-3)13(20)9-12/h5-6,9-10,26H,4,7-8H2,1-3H3. The van der Waals surface area contributed by atoms with Gasteiger partial charge in [-0.3, -0.25) is 22.9 Å². The number of nitrogens with zero attached hydrogens (tertiary/aromatic N) is 5. The van der Waals surface area contributed by atoms with Crippen LogP contribution in [0.2, 0.25) is 5.02 Å². The molecule has 10 heteroatoms. The van der Waals surface area contributed by atoms with Crippen molar-refractivity contribution in [2.45, 2.75) is 19.9 Å².